The molecule has 2 unspecified atom stereocenters. The molecule has 4 nitrogen and oxygen atoms in total. The molecule has 1 heterocycles. The standard InChI is InChI=1S/C9H14N2O2/c1-3-7(2)11-5-4-10-6-8(11)9(12)13/h1,7-8,10H,4-6H2,2H3,(H,12,13). The summed E-state index contributed by atoms with van der Waals surface area (Å²) < 4.78 is 0. The summed E-state index contributed by atoms with van der Waals surface area (Å²) in [7, 11) is 0. The summed E-state index contributed by atoms with van der Waals surface area (Å²) in [4.78, 5) is 12.7. The second-order valence-corrected chi connectivity index (χ2v) is 3.14. The number of hydrogen-bond acceptors (Lipinski definition) is 3. The van der Waals surface area contributed by atoms with E-state index in [2.05, 4.69) is 11.2 Å². The van der Waals surface area contributed by atoms with Crippen LogP contribution in [0.2, 0.25) is 0 Å². The van der Waals surface area contributed by atoms with Gasteiger partial charge in [0.2, 0.25) is 0 Å². The van der Waals surface area contributed by atoms with Crippen LogP contribution in [0.25, 0.3) is 0 Å². The quantitative estimate of drug-likeness (QED) is 0.558. The number of carboxylic acid groups (broad SMARTS) is 1. The molecule has 1 aliphatic heterocycles. The largest absolute Gasteiger partial charge is 0.480 e. The number of aliphatic carboxylic acids is 1. The minimum atomic E-state index is -0.811. The fourth-order valence-corrected chi connectivity index (χ4v) is 1.51. The third-order valence-electron chi connectivity index (χ3n) is 2.31. The van der Waals surface area contributed by atoms with Gasteiger partial charge in [0.15, 0.2) is 0 Å². The van der Waals surface area contributed by atoms with E-state index in [1.807, 2.05) is 11.8 Å². The highest BCUT2D eigenvalue weighted by Crippen LogP contribution is 2.07. The van der Waals surface area contributed by atoms with Gasteiger partial charge in [-0.3, -0.25) is 9.69 Å². The maximum Gasteiger partial charge on any atom is 0.322 e. The number of terminal acetylenes is 1. The number of rotatable bonds is 2. The van der Waals surface area contributed by atoms with E-state index in [-0.39, 0.29) is 6.04 Å². The summed E-state index contributed by atoms with van der Waals surface area (Å²) in [5, 5.41) is 11.9. The van der Waals surface area contributed by atoms with Gasteiger partial charge >= 0.3 is 5.97 Å². The first-order valence-electron chi connectivity index (χ1n) is 4.32. The number of nitrogens with zero attached hydrogens (tertiary/aromatic N) is 1. The summed E-state index contributed by atoms with van der Waals surface area (Å²) in [6.45, 7) is 3.82. The van der Waals surface area contributed by atoms with Crippen molar-refractivity contribution >= 4 is 5.97 Å². The fraction of sp³-hybridized carbons (Fsp3) is 0.667. The summed E-state index contributed by atoms with van der Waals surface area (Å²) >= 11 is 0. The molecular formula is C9H14N2O2. The first kappa shape index (κ1) is 10.0. The maximum atomic E-state index is 10.8. The lowest BCUT2D eigenvalue weighted by Gasteiger charge is -2.35. The molecule has 72 valence electrons. The molecular weight excluding hydrogens is 168 g/mol. The number of carboxylic acids is 1. The Kier molecular flexibility index (Phi) is 3.29. The zero-order valence-corrected chi connectivity index (χ0v) is 7.66. The topological polar surface area (TPSA) is 52.6 Å². The highest BCUT2D eigenvalue weighted by Gasteiger charge is 2.30. The molecule has 2 N–H and O–H groups in total. The molecule has 4 heteroatoms. The van der Waals surface area contributed by atoms with Crippen LogP contribution in [0.5, 0.6) is 0 Å². The number of nitrogens with one attached hydrogen (secondary N) is 1. The molecule has 0 spiro atoms. The van der Waals surface area contributed by atoms with Gasteiger partial charge in [-0.2, -0.15) is 0 Å². The van der Waals surface area contributed by atoms with E-state index in [1.165, 1.54) is 0 Å². The van der Waals surface area contributed by atoms with E-state index in [0.29, 0.717) is 13.1 Å². The number of piperazine rings is 1. The highest BCUT2D eigenvalue weighted by molar-refractivity contribution is 5.74. The van der Waals surface area contributed by atoms with Gasteiger partial charge in [0, 0.05) is 19.6 Å². The van der Waals surface area contributed by atoms with E-state index in [0.717, 1.165) is 6.54 Å². The van der Waals surface area contributed by atoms with E-state index in [9.17, 15) is 4.79 Å². The molecule has 1 saturated heterocycles. The van der Waals surface area contributed by atoms with Gasteiger partial charge in [0.05, 0.1) is 6.04 Å². The Labute approximate surface area is 77.9 Å². The van der Waals surface area contributed by atoms with E-state index in [1.54, 1.807) is 0 Å². The summed E-state index contributed by atoms with van der Waals surface area (Å²) in [6.07, 6.45) is 5.26. The maximum absolute atomic E-state index is 10.8. The van der Waals surface area contributed by atoms with Crippen LogP contribution in [0.1, 0.15) is 6.92 Å². The Balaban J connectivity index is 2.68. The molecule has 0 aliphatic carbocycles. The molecule has 13 heavy (non-hydrogen) atoms. The fourth-order valence-electron chi connectivity index (χ4n) is 1.51. The predicted octanol–water partition coefficient (Wildman–Crippen LogP) is -0.633. The Morgan fingerprint density at radius 1 is 1.85 bits per heavy atom. The SMILES string of the molecule is C#CC(C)N1CCNCC1C(=O)O. The van der Waals surface area contributed by atoms with Crippen LogP contribution in [-0.2, 0) is 4.79 Å². The van der Waals surface area contributed by atoms with Gasteiger partial charge in [-0.25, -0.2) is 0 Å². The highest BCUT2D eigenvalue weighted by atomic mass is 16.4. The summed E-state index contributed by atoms with van der Waals surface area (Å²) in [5.74, 6) is 1.74. The van der Waals surface area contributed by atoms with Crippen LogP contribution in [0, 0.1) is 12.3 Å². The first-order valence-corrected chi connectivity index (χ1v) is 4.32. The normalized spacial score (nSPS) is 26.3. The van der Waals surface area contributed by atoms with Gasteiger partial charge in [0.25, 0.3) is 0 Å². The molecule has 0 saturated carbocycles. The van der Waals surface area contributed by atoms with Crippen LogP contribution >= 0.6 is 0 Å². The molecule has 0 aromatic rings. The lowest BCUT2D eigenvalue weighted by atomic mass is 10.1. The van der Waals surface area contributed by atoms with Gasteiger partial charge < -0.3 is 10.4 Å². The Hall–Kier alpha value is -1.05. The Morgan fingerprint density at radius 3 is 3.08 bits per heavy atom. The van der Waals surface area contributed by atoms with Crippen molar-refractivity contribution in [3.05, 3.63) is 0 Å². The van der Waals surface area contributed by atoms with Gasteiger partial charge in [-0.1, -0.05) is 5.92 Å². The molecule has 1 rings (SSSR count). The van der Waals surface area contributed by atoms with E-state index >= 15 is 0 Å². The van der Waals surface area contributed by atoms with Crippen molar-refractivity contribution in [2.45, 2.75) is 19.0 Å². The van der Waals surface area contributed by atoms with Crippen LogP contribution < -0.4 is 5.32 Å². The smallest absolute Gasteiger partial charge is 0.322 e. The van der Waals surface area contributed by atoms with Crippen molar-refractivity contribution in [1.82, 2.24) is 10.2 Å². The monoisotopic (exact) mass is 182 g/mol. The number of hydrogen-bond donors (Lipinski definition) is 2. The third-order valence-corrected chi connectivity index (χ3v) is 2.31. The second kappa shape index (κ2) is 4.26. The lowest BCUT2D eigenvalue weighted by molar-refractivity contribution is -0.144. The average molecular weight is 182 g/mol. The van der Waals surface area contributed by atoms with Crippen molar-refractivity contribution in [2.24, 2.45) is 0 Å². The van der Waals surface area contributed by atoms with Crippen molar-refractivity contribution in [3.63, 3.8) is 0 Å². The van der Waals surface area contributed by atoms with Crippen molar-refractivity contribution in [1.29, 1.82) is 0 Å². The first-order chi connectivity index (χ1) is 6.16. The minimum Gasteiger partial charge on any atom is -0.480 e. The number of carbonyl (C=O) groups is 1. The molecule has 0 aromatic heterocycles. The summed E-state index contributed by atoms with van der Waals surface area (Å²) in [6, 6.07) is -0.594. The third kappa shape index (κ3) is 2.20. The second-order valence-electron chi connectivity index (χ2n) is 3.14. The minimum absolute atomic E-state index is 0.108. The zero-order valence-electron chi connectivity index (χ0n) is 7.66. The van der Waals surface area contributed by atoms with E-state index < -0.39 is 12.0 Å². The predicted molar refractivity (Wildman–Crippen MR) is 49.3 cm³/mol. The molecule has 0 radical (unpaired) electrons. The van der Waals surface area contributed by atoms with Crippen LogP contribution in [0.15, 0.2) is 0 Å². The molecule has 1 aliphatic rings. The average Bonchev–Trinajstić information content (AvgIpc) is 2.16. The molecule has 2 atom stereocenters. The lowest BCUT2D eigenvalue weighted by Crippen LogP contribution is -2.57. The van der Waals surface area contributed by atoms with Gasteiger partial charge in [-0.15, -0.1) is 6.42 Å². The van der Waals surface area contributed by atoms with Crippen LogP contribution in [0.4, 0.5) is 0 Å². The molecule has 0 bridgehead atoms. The van der Waals surface area contributed by atoms with Gasteiger partial charge in [-0.05, 0) is 6.92 Å². The van der Waals surface area contributed by atoms with Crippen LogP contribution in [0.3, 0.4) is 0 Å². The Bertz CT molecular complexity index is 234. The molecule has 1 fully saturated rings. The van der Waals surface area contributed by atoms with Crippen molar-refractivity contribution in [3.8, 4) is 12.3 Å². The molecule has 0 aromatic carbocycles. The van der Waals surface area contributed by atoms with Crippen LogP contribution in [-0.4, -0.2) is 47.7 Å². The van der Waals surface area contributed by atoms with Gasteiger partial charge in [0.1, 0.15) is 6.04 Å². The Morgan fingerprint density at radius 2 is 2.54 bits per heavy atom. The van der Waals surface area contributed by atoms with Crippen molar-refractivity contribution in [2.75, 3.05) is 19.6 Å². The summed E-state index contributed by atoms with van der Waals surface area (Å²) in [5.41, 5.74) is 0. The van der Waals surface area contributed by atoms with Crippen molar-refractivity contribution < 1.29 is 9.90 Å². The molecule has 0 amide bonds. The zero-order chi connectivity index (χ0) is 9.84. The van der Waals surface area contributed by atoms with E-state index in [4.69, 9.17) is 11.5 Å².